The highest BCUT2D eigenvalue weighted by Gasteiger charge is 2.44. The van der Waals surface area contributed by atoms with Gasteiger partial charge in [-0.15, -0.1) is 0 Å². The molecule has 0 bridgehead atoms. The molecule has 0 saturated heterocycles. The van der Waals surface area contributed by atoms with E-state index in [1.54, 1.807) is 11.9 Å². The van der Waals surface area contributed by atoms with Gasteiger partial charge in [-0.25, -0.2) is 0 Å². The lowest BCUT2D eigenvalue weighted by atomic mass is 9.67. The fraction of sp³-hybridized carbons (Fsp3) is 0.900. The average Bonchev–Trinajstić information content (AvgIpc) is 2.14. The van der Waals surface area contributed by atoms with Gasteiger partial charge < -0.3 is 15.7 Å². The lowest BCUT2D eigenvalue weighted by molar-refractivity contribution is -0.147. The van der Waals surface area contributed by atoms with Crippen molar-refractivity contribution in [1.29, 1.82) is 0 Å². The zero-order valence-corrected chi connectivity index (χ0v) is 8.99. The molecule has 1 saturated carbocycles. The SMILES string of the molecule is CC(CO)N(C)C(=O)C1(CN)CCC1. The van der Waals surface area contributed by atoms with Crippen molar-refractivity contribution in [3.63, 3.8) is 0 Å². The highest BCUT2D eigenvalue weighted by atomic mass is 16.3. The molecule has 3 N–H and O–H groups in total. The van der Waals surface area contributed by atoms with Gasteiger partial charge in [0.1, 0.15) is 0 Å². The molecule has 0 heterocycles. The molecule has 0 aliphatic heterocycles. The van der Waals surface area contributed by atoms with Crippen LogP contribution in [-0.2, 0) is 4.79 Å². The predicted molar refractivity (Wildman–Crippen MR) is 54.7 cm³/mol. The second-order valence-corrected chi connectivity index (χ2v) is 4.29. The summed E-state index contributed by atoms with van der Waals surface area (Å²) in [5.41, 5.74) is 5.32. The van der Waals surface area contributed by atoms with E-state index in [1.807, 2.05) is 6.92 Å². The van der Waals surface area contributed by atoms with Crippen molar-refractivity contribution >= 4 is 5.91 Å². The second kappa shape index (κ2) is 4.28. The number of aliphatic hydroxyl groups excluding tert-OH is 1. The van der Waals surface area contributed by atoms with E-state index in [0.29, 0.717) is 6.54 Å². The monoisotopic (exact) mass is 200 g/mol. The largest absolute Gasteiger partial charge is 0.394 e. The molecule has 1 amide bonds. The van der Waals surface area contributed by atoms with E-state index in [1.165, 1.54) is 0 Å². The lowest BCUT2D eigenvalue weighted by Gasteiger charge is -2.43. The Morgan fingerprint density at radius 1 is 1.64 bits per heavy atom. The number of carbonyl (C=O) groups is 1. The van der Waals surface area contributed by atoms with Gasteiger partial charge in [0, 0.05) is 13.6 Å². The van der Waals surface area contributed by atoms with E-state index in [4.69, 9.17) is 10.8 Å². The average molecular weight is 200 g/mol. The van der Waals surface area contributed by atoms with E-state index < -0.39 is 0 Å². The van der Waals surface area contributed by atoms with E-state index in [-0.39, 0.29) is 24.0 Å². The van der Waals surface area contributed by atoms with Crippen LogP contribution in [0.1, 0.15) is 26.2 Å². The minimum Gasteiger partial charge on any atom is -0.394 e. The van der Waals surface area contributed by atoms with Gasteiger partial charge in [-0.1, -0.05) is 6.42 Å². The number of hydrogen-bond donors (Lipinski definition) is 2. The molecule has 1 atom stereocenters. The number of rotatable bonds is 4. The van der Waals surface area contributed by atoms with Crippen LogP contribution in [0, 0.1) is 5.41 Å². The van der Waals surface area contributed by atoms with E-state index >= 15 is 0 Å². The van der Waals surface area contributed by atoms with Crippen molar-refractivity contribution in [3.05, 3.63) is 0 Å². The fourth-order valence-corrected chi connectivity index (χ4v) is 1.81. The van der Waals surface area contributed by atoms with E-state index in [9.17, 15) is 4.79 Å². The van der Waals surface area contributed by atoms with Gasteiger partial charge in [-0.3, -0.25) is 4.79 Å². The molecule has 0 spiro atoms. The number of carbonyl (C=O) groups excluding carboxylic acids is 1. The minimum absolute atomic E-state index is 0.00287. The molecular weight excluding hydrogens is 180 g/mol. The topological polar surface area (TPSA) is 66.6 Å². The first-order valence-electron chi connectivity index (χ1n) is 5.15. The van der Waals surface area contributed by atoms with Gasteiger partial charge in [0.15, 0.2) is 0 Å². The third-order valence-corrected chi connectivity index (χ3v) is 3.40. The smallest absolute Gasteiger partial charge is 0.230 e. The first-order valence-corrected chi connectivity index (χ1v) is 5.15. The summed E-state index contributed by atoms with van der Waals surface area (Å²) in [6.07, 6.45) is 2.87. The molecule has 1 aliphatic rings. The van der Waals surface area contributed by atoms with Crippen molar-refractivity contribution in [1.82, 2.24) is 4.90 Å². The molecule has 4 heteroatoms. The molecule has 0 aromatic carbocycles. The van der Waals surface area contributed by atoms with Gasteiger partial charge in [-0.2, -0.15) is 0 Å². The zero-order valence-electron chi connectivity index (χ0n) is 8.99. The number of nitrogens with zero attached hydrogens (tertiary/aromatic N) is 1. The molecule has 1 fully saturated rings. The summed E-state index contributed by atoms with van der Waals surface area (Å²) in [5.74, 6) is 0.0906. The van der Waals surface area contributed by atoms with Crippen LogP contribution in [0.5, 0.6) is 0 Å². The Labute approximate surface area is 85.1 Å². The first kappa shape index (κ1) is 11.5. The first-order chi connectivity index (χ1) is 6.57. The summed E-state index contributed by atoms with van der Waals surface area (Å²) in [6.45, 7) is 2.26. The summed E-state index contributed by atoms with van der Waals surface area (Å²) >= 11 is 0. The molecule has 1 rings (SSSR count). The molecule has 1 unspecified atom stereocenters. The Bertz CT molecular complexity index is 209. The summed E-state index contributed by atoms with van der Waals surface area (Å²) in [6, 6.07) is -0.119. The number of likely N-dealkylation sites (N-methyl/N-ethyl adjacent to an activating group) is 1. The lowest BCUT2D eigenvalue weighted by Crippen LogP contribution is -2.53. The maximum atomic E-state index is 12.0. The Hall–Kier alpha value is -0.610. The normalized spacial score (nSPS) is 21.1. The third kappa shape index (κ3) is 1.77. The van der Waals surface area contributed by atoms with Crippen LogP contribution in [0.2, 0.25) is 0 Å². The molecule has 0 aromatic heterocycles. The Balaban J connectivity index is 2.63. The highest BCUT2D eigenvalue weighted by molar-refractivity contribution is 5.84. The molecular formula is C10H20N2O2. The molecule has 0 radical (unpaired) electrons. The molecule has 0 aromatic rings. The van der Waals surface area contributed by atoms with E-state index in [0.717, 1.165) is 19.3 Å². The second-order valence-electron chi connectivity index (χ2n) is 4.29. The van der Waals surface area contributed by atoms with Crippen molar-refractivity contribution in [2.75, 3.05) is 20.2 Å². The van der Waals surface area contributed by atoms with Gasteiger partial charge in [0.05, 0.1) is 18.1 Å². The summed E-state index contributed by atoms with van der Waals surface area (Å²) in [4.78, 5) is 13.6. The van der Waals surface area contributed by atoms with Crippen molar-refractivity contribution in [3.8, 4) is 0 Å². The third-order valence-electron chi connectivity index (χ3n) is 3.40. The molecule has 14 heavy (non-hydrogen) atoms. The molecule has 1 aliphatic carbocycles. The van der Waals surface area contributed by atoms with Crippen LogP contribution in [-0.4, -0.2) is 42.2 Å². The number of nitrogens with two attached hydrogens (primary N) is 1. The van der Waals surface area contributed by atoms with Gasteiger partial charge >= 0.3 is 0 Å². The van der Waals surface area contributed by atoms with Crippen LogP contribution in [0.15, 0.2) is 0 Å². The highest BCUT2D eigenvalue weighted by Crippen LogP contribution is 2.41. The van der Waals surface area contributed by atoms with E-state index in [2.05, 4.69) is 0 Å². The van der Waals surface area contributed by atoms with Crippen LogP contribution in [0.25, 0.3) is 0 Å². The quantitative estimate of drug-likeness (QED) is 0.669. The van der Waals surface area contributed by atoms with Crippen LogP contribution in [0.3, 0.4) is 0 Å². The predicted octanol–water partition coefficient (Wildman–Crippen LogP) is -0.0454. The summed E-state index contributed by atoms with van der Waals surface area (Å²) in [5, 5.41) is 8.96. The van der Waals surface area contributed by atoms with Crippen molar-refractivity contribution in [2.24, 2.45) is 11.1 Å². The Morgan fingerprint density at radius 2 is 2.21 bits per heavy atom. The summed E-state index contributed by atoms with van der Waals surface area (Å²) in [7, 11) is 1.74. The van der Waals surface area contributed by atoms with Gasteiger partial charge in [0.2, 0.25) is 5.91 Å². The number of hydrogen-bond acceptors (Lipinski definition) is 3. The molecule has 4 nitrogen and oxygen atoms in total. The number of amides is 1. The fourth-order valence-electron chi connectivity index (χ4n) is 1.81. The zero-order chi connectivity index (χ0) is 10.8. The van der Waals surface area contributed by atoms with Crippen LogP contribution < -0.4 is 5.73 Å². The number of aliphatic hydroxyl groups is 1. The van der Waals surface area contributed by atoms with Crippen molar-refractivity contribution < 1.29 is 9.90 Å². The molecule has 82 valence electrons. The van der Waals surface area contributed by atoms with Gasteiger partial charge in [-0.05, 0) is 19.8 Å². The Morgan fingerprint density at radius 3 is 2.50 bits per heavy atom. The summed E-state index contributed by atoms with van der Waals surface area (Å²) < 4.78 is 0. The maximum Gasteiger partial charge on any atom is 0.230 e. The Kier molecular flexibility index (Phi) is 3.50. The van der Waals surface area contributed by atoms with Crippen LogP contribution >= 0.6 is 0 Å². The van der Waals surface area contributed by atoms with Crippen molar-refractivity contribution in [2.45, 2.75) is 32.2 Å². The van der Waals surface area contributed by atoms with Crippen LogP contribution in [0.4, 0.5) is 0 Å². The standard InChI is InChI=1S/C10H20N2O2/c1-8(6-13)12(2)9(14)10(7-11)4-3-5-10/h8,13H,3-7,11H2,1-2H3. The van der Waals surface area contributed by atoms with Gasteiger partial charge in [0.25, 0.3) is 0 Å². The maximum absolute atomic E-state index is 12.0. The minimum atomic E-state index is -0.321.